The summed E-state index contributed by atoms with van der Waals surface area (Å²) in [5.74, 6) is -0.241. The molecule has 0 bridgehead atoms. The molecule has 0 unspecified atom stereocenters. The van der Waals surface area contributed by atoms with E-state index >= 15 is 0 Å². The van der Waals surface area contributed by atoms with Crippen molar-refractivity contribution in [2.24, 2.45) is 11.8 Å². The summed E-state index contributed by atoms with van der Waals surface area (Å²) in [6.07, 6.45) is 2.83. The number of carbonyl (C=O) groups excluding carboxylic acids is 1. The summed E-state index contributed by atoms with van der Waals surface area (Å²) in [7, 11) is 0. The molecule has 0 aromatic carbocycles. The monoisotopic (exact) mass is 335 g/mol. The van der Waals surface area contributed by atoms with Gasteiger partial charge in [-0.15, -0.1) is 11.3 Å². The van der Waals surface area contributed by atoms with E-state index in [2.05, 4.69) is 30.2 Å². The molecule has 0 spiro atoms. The van der Waals surface area contributed by atoms with Gasteiger partial charge in [-0.2, -0.15) is 5.26 Å². The molecule has 1 aromatic rings. The molecule has 6 heteroatoms. The molecule has 0 radical (unpaired) electrons. The Morgan fingerprint density at radius 2 is 2.30 bits per heavy atom. The SMILES string of the molecule is CC(C)C[C@@]1(C(=O)OC(C)(C)C)C[C@H](C#N)[C@H](c2nccs2)N1. The standard InChI is InChI=1S/C17H25N3O2S/c1-11(2)8-17(15(21)22-16(3,4)5)9-12(10-18)13(20-17)14-19-6-7-23-14/h6-7,11-13,20H,8-9H2,1-5H3/t12-,13-,17+/m1/s1. The Hall–Kier alpha value is -1.45. The lowest BCUT2D eigenvalue weighted by Crippen LogP contribution is -2.52. The number of rotatable bonds is 4. The molecule has 1 fully saturated rings. The first-order valence-electron chi connectivity index (χ1n) is 7.97. The van der Waals surface area contributed by atoms with Crippen LogP contribution in [0.4, 0.5) is 0 Å². The van der Waals surface area contributed by atoms with Gasteiger partial charge < -0.3 is 4.74 Å². The largest absolute Gasteiger partial charge is 0.459 e. The highest BCUT2D eigenvalue weighted by Gasteiger charge is 2.53. The maximum atomic E-state index is 12.9. The fourth-order valence-corrected chi connectivity index (χ4v) is 3.89. The Kier molecular flexibility index (Phi) is 5.12. The number of esters is 1. The number of nitrogens with one attached hydrogen (secondary N) is 1. The lowest BCUT2D eigenvalue weighted by atomic mass is 9.84. The molecule has 126 valence electrons. The van der Waals surface area contributed by atoms with Crippen LogP contribution in [0.5, 0.6) is 0 Å². The van der Waals surface area contributed by atoms with Crippen LogP contribution in [0.1, 0.15) is 58.5 Å². The smallest absolute Gasteiger partial charge is 0.326 e. The van der Waals surface area contributed by atoms with Crippen LogP contribution in [0.25, 0.3) is 0 Å². The molecule has 0 saturated carbocycles. The van der Waals surface area contributed by atoms with Crippen molar-refractivity contribution in [2.45, 2.75) is 64.6 Å². The molecule has 1 aromatic heterocycles. The molecular formula is C17H25N3O2S. The van der Waals surface area contributed by atoms with Crippen LogP contribution in [-0.2, 0) is 9.53 Å². The van der Waals surface area contributed by atoms with Gasteiger partial charge in [-0.05, 0) is 39.5 Å². The van der Waals surface area contributed by atoms with E-state index in [-0.39, 0.29) is 17.9 Å². The van der Waals surface area contributed by atoms with Gasteiger partial charge in [0, 0.05) is 11.6 Å². The average Bonchev–Trinajstić information content (AvgIpc) is 3.03. The van der Waals surface area contributed by atoms with Gasteiger partial charge in [0.05, 0.1) is 18.0 Å². The van der Waals surface area contributed by atoms with Gasteiger partial charge in [0.1, 0.15) is 16.1 Å². The molecule has 1 saturated heterocycles. The number of hydrogen-bond acceptors (Lipinski definition) is 6. The summed E-state index contributed by atoms with van der Waals surface area (Å²) in [5, 5.41) is 15.7. The van der Waals surface area contributed by atoms with Crippen molar-refractivity contribution >= 4 is 17.3 Å². The first-order chi connectivity index (χ1) is 10.7. The predicted molar refractivity (Wildman–Crippen MR) is 89.7 cm³/mol. The Morgan fingerprint density at radius 3 is 2.78 bits per heavy atom. The van der Waals surface area contributed by atoms with E-state index in [4.69, 9.17) is 4.74 Å². The summed E-state index contributed by atoms with van der Waals surface area (Å²) in [4.78, 5) is 17.2. The fourth-order valence-electron chi connectivity index (χ4n) is 3.13. The summed E-state index contributed by atoms with van der Waals surface area (Å²) < 4.78 is 5.66. The zero-order chi connectivity index (χ0) is 17.3. The molecular weight excluding hydrogens is 310 g/mol. The van der Waals surface area contributed by atoms with Crippen molar-refractivity contribution in [3.05, 3.63) is 16.6 Å². The zero-order valence-corrected chi connectivity index (χ0v) is 15.2. The Balaban J connectivity index is 2.32. The maximum absolute atomic E-state index is 12.9. The number of aromatic nitrogens is 1. The van der Waals surface area contributed by atoms with E-state index in [1.54, 1.807) is 6.20 Å². The Labute approximate surface area is 142 Å². The molecule has 0 amide bonds. The van der Waals surface area contributed by atoms with Gasteiger partial charge in [0.2, 0.25) is 0 Å². The summed E-state index contributed by atoms with van der Waals surface area (Å²) in [5.41, 5.74) is -1.37. The third kappa shape index (κ3) is 4.10. The molecule has 1 aliphatic heterocycles. The average molecular weight is 335 g/mol. The summed E-state index contributed by atoms with van der Waals surface area (Å²) >= 11 is 1.51. The second kappa shape index (κ2) is 6.58. The first-order valence-corrected chi connectivity index (χ1v) is 8.85. The number of ether oxygens (including phenoxy) is 1. The fraction of sp³-hybridized carbons (Fsp3) is 0.706. The van der Waals surface area contributed by atoms with Gasteiger partial charge in [-0.25, -0.2) is 4.98 Å². The molecule has 2 heterocycles. The van der Waals surface area contributed by atoms with Crippen molar-refractivity contribution in [3.63, 3.8) is 0 Å². The minimum absolute atomic E-state index is 0.216. The van der Waals surface area contributed by atoms with Crippen LogP contribution in [0, 0.1) is 23.2 Å². The second-order valence-corrected chi connectivity index (χ2v) is 8.54. The van der Waals surface area contributed by atoms with Crippen molar-refractivity contribution in [1.29, 1.82) is 5.26 Å². The highest BCUT2D eigenvalue weighted by molar-refractivity contribution is 7.09. The third-order valence-electron chi connectivity index (χ3n) is 3.83. The van der Waals surface area contributed by atoms with Gasteiger partial charge in [0.25, 0.3) is 0 Å². The first kappa shape index (κ1) is 17.9. The van der Waals surface area contributed by atoms with E-state index in [0.29, 0.717) is 18.8 Å². The van der Waals surface area contributed by atoms with Crippen LogP contribution < -0.4 is 5.32 Å². The Morgan fingerprint density at radius 1 is 1.61 bits per heavy atom. The molecule has 1 N–H and O–H groups in total. The van der Waals surface area contributed by atoms with E-state index in [9.17, 15) is 10.1 Å². The molecule has 5 nitrogen and oxygen atoms in total. The van der Waals surface area contributed by atoms with Crippen molar-refractivity contribution in [3.8, 4) is 6.07 Å². The maximum Gasteiger partial charge on any atom is 0.326 e. The highest BCUT2D eigenvalue weighted by atomic mass is 32.1. The van der Waals surface area contributed by atoms with Crippen LogP contribution in [0.2, 0.25) is 0 Å². The lowest BCUT2D eigenvalue weighted by molar-refractivity contribution is -0.163. The van der Waals surface area contributed by atoms with Crippen LogP contribution in [-0.4, -0.2) is 22.1 Å². The molecule has 23 heavy (non-hydrogen) atoms. The molecule has 1 aliphatic rings. The minimum Gasteiger partial charge on any atom is -0.459 e. The summed E-state index contributed by atoms with van der Waals surface area (Å²) in [6, 6.07) is 2.13. The second-order valence-electron chi connectivity index (χ2n) is 7.61. The van der Waals surface area contributed by atoms with E-state index < -0.39 is 11.1 Å². The zero-order valence-electron chi connectivity index (χ0n) is 14.4. The minimum atomic E-state index is -0.821. The van der Waals surface area contributed by atoms with Crippen LogP contribution >= 0.6 is 11.3 Å². The quantitative estimate of drug-likeness (QED) is 0.853. The topological polar surface area (TPSA) is 75.0 Å². The predicted octanol–water partition coefficient (Wildman–Crippen LogP) is 3.44. The van der Waals surface area contributed by atoms with E-state index in [1.165, 1.54) is 11.3 Å². The van der Waals surface area contributed by atoms with Gasteiger partial charge >= 0.3 is 5.97 Å². The molecule has 2 rings (SSSR count). The van der Waals surface area contributed by atoms with Crippen molar-refractivity contribution in [1.82, 2.24) is 10.3 Å². The van der Waals surface area contributed by atoms with Crippen LogP contribution in [0.3, 0.4) is 0 Å². The van der Waals surface area contributed by atoms with Crippen molar-refractivity contribution < 1.29 is 9.53 Å². The van der Waals surface area contributed by atoms with Crippen LogP contribution in [0.15, 0.2) is 11.6 Å². The van der Waals surface area contributed by atoms with Crippen molar-refractivity contribution in [2.75, 3.05) is 0 Å². The van der Waals surface area contributed by atoms with E-state index in [1.807, 2.05) is 26.2 Å². The highest BCUT2D eigenvalue weighted by Crippen LogP contribution is 2.42. The number of nitrogens with zero attached hydrogens (tertiary/aromatic N) is 2. The molecule has 0 aliphatic carbocycles. The molecule has 3 atom stereocenters. The normalized spacial score (nSPS) is 27.9. The van der Waals surface area contributed by atoms with Gasteiger partial charge in [-0.1, -0.05) is 13.8 Å². The summed E-state index contributed by atoms with van der Waals surface area (Å²) in [6.45, 7) is 9.74. The van der Waals surface area contributed by atoms with Gasteiger partial charge in [-0.3, -0.25) is 10.1 Å². The number of hydrogen-bond donors (Lipinski definition) is 1. The third-order valence-corrected chi connectivity index (χ3v) is 4.69. The van der Waals surface area contributed by atoms with E-state index in [0.717, 1.165) is 5.01 Å². The van der Waals surface area contributed by atoms with Gasteiger partial charge in [0.15, 0.2) is 0 Å². The lowest BCUT2D eigenvalue weighted by Gasteiger charge is -2.33. The Bertz CT molecular complexity index is 586. The number of carbonyl (C=O) groups is 1. The number of thiazole rings is 1. The number of nitriles is 1.